The molecule has 0 aromatic carbocycles. The van der Waals surface area contributed by atoms with Crippen LogP contribution < -0.4 is 0 Å². The van der Waals surface area contributed by atoms with E-state index < -0.39 is 14.2 Å². The van der Waals surface area contributed by atoms with E-state index in [0.29, 0.717) is 18.0 Å². The van der Waals surface area contributed by atoms with E-state index in [2.05, 4.69) is 29.7 Å². The molecule has 120 valence electrons. The summed E-state index contributed by atoms with van der Waals surface area (Å²) >= 11 is 5.99. The average molecular weight is 340 g/mol. The van der Waals surface area contributed by atoms with Gasteiger partial charge < -0.3 is 9.84 Å². The third-order valence-electron chi connectivity index (χ3n) is 3.24. The van der Waals surface area contributed by atoms with Crippen molar-refractivity contribution in [2.45, 2.75) is 38.5 Å². The van der Waals surface area contributed by atoms with Crippen LogP contribution in [0.25, 0.3) is 0 Å². The maximum atomic E-state index is 10.3. The number of aromatic nitrogens is 3. The molecule has 7 heteroatoms. The van der Waals surface area contributed by atoms with Crippen molar-refractivity contribution >= 4 is 19.7 Å². The van der Waals surface area contributed by atoms with Gasteiger partial charge in [-0.15, -0.1) is 0 Å². The van der Waals surface area contributed by atoms with Crippen LogP contribution in [0.3, 0.4) is 0 Å². The molecule has 1 N–H and O–H groups in total. The standard InChI is InChI=1S/C15H22ClN3O2Si/c1-22(2,3)10-9-21-11-19-8-6-13(18-19)14(20)12-5-4-7-17-15(12)16/h4-8,14,20H,9-11H2,1-3H3. The number of nitrogens with zero attached hydrogens (tertiary/aromatic N) is 3. The van der Waals surface area contributed by atoms with Gasteiger partial charge in [-0.2, -0.15) is 5.10 Å². The minimum Gasteiger partial charge on any atom is -0.382 e. The Morgan fingerprint density at radius 2 is 2.14 bits per heavy atom. The monoisotopic (exact) mass is 339 g/mol. The Balaban J connectivity index is 1.92. The molecule has 22 heavy (non-hydrogen) atoms. The second-order valence-corrected chi connectivity index (χ2v) is 12.4. The lowest BCUT2D eigenvalue weighted by atomic mass is 10.1. The number of hydrogen-bond acceptors (Lipinski definition) is 4. The lowest BCUT2D eigenvalue weighted by Crippen LogP contribution is -2.22. The highest BCUT2D eigenvalue weighted by atomic mass is 35.5. The fourth-order valence-electron chi connectivity index (χ4n) is 1.89. The first-order valence-electron chi connectivity index (χ1n) is 7.26. The van der Waals surface area contributed by atoms with E-state index in [9.17, 15) is 5.11 Å². The summed E-state index contributed by atoms with van der Waals surface area (Å²) in [6.45, 7) is 8.07. The Bertz CT molecular complexity index is 613. The Morgan fingerprint density at radius 1 is 1.36 bits per heavy atom. The van der Waals surface area contributed by atoms with Crippen molar-refractivity contribution in [2.24, 2.45) is 0 Å². The third kappa shape index (κ3) is 4.91. The molecule has 0 radical (unpaired) electrons. The second kappa shape index (κ2) is 7.37. The number of pyridine rings is 1. The van der Waals surface area contributed by atoms with Gasteiger partial charge in [0.1, 0.15) is 18.0 Å². The quantitative estimate of drug-likeness (QED) is 0.477. The van der Waals surface area contributed by atoms with E-state index >= 15 is 0 Å². The SMILES string of the molecule is C[Si](C)(C)CCOCn1ccc(C(O)c2cccnc2Cl)n1. The molecule has 2 aromatic heterocycles. The number of aliphatic hydroxyl groups excluding tert-OH is 1. The maximum absolute atomic E-state index is 10.3. The molecule has 0 aliphatic rings. The highest BCUT2D eigenvalue weighted by molar-refractivity contribution is 6.76. The van der Waals surface area contributed by atoms with Gasteiger partial charge in [-0.1, -0.05) is 37.3 Å². The number of ether oxygens (including phenoxy) is 1. The van der Waals surface area contributed by atoms with Gasteiger partial charge in [-0.3, -0.25) is 0 Å². The molecule has 5 nitrogen and oxygen atoms in total. The summed E-state index contributed by atoms with van der Waals surface area (Å²) in [7, 11) is -1.07. The number of halogens is 1. The Morgan fingerprint density at radius 3 is 2.82 bits per heavy atom. The topological polar surface area (TPSA) is 60.2 Å². The molecule has 0 aliphatic carbocycles. The predicted molar refractivity (Wildman–Crippen MR) is 89.6 cm³/mol. The summed E-state index contributed by atoms with van der Waals surface area (Å²) in [5.74, 6) is 0. The second-order valence-electron chi connectivity index (χ2n) is 6.41. The molecular formula is C15H22ClN3O2Si. The highest BCUT2D eigenvalue weighted by Crippen LogP contribution is 2.25. The van der Waals surface area contributed by atoms with Crippen molar-refractivity contribution in [3.05, 3.63) is 47.0 Å². The predicted octanol–water partition coefficient (Wildman–Crippen LogP) is 3.33. The van der Waals surface area contributed by atoms with Crippen molar-refractivity contribution < 1.29 is 9.84 Å². The van der Waals surface area contributed by atoms with Crippen LogP contribution in [0.2, 0.25) is 30.8 Å². The van der Waals surface area contributed by atoms with Gasteiger partial charge in [0.25, 0.3) is 0 Å². The van der Waals surface area contributed by atoms with Crippen molar-refractivity contribution in [2.75, 3.05) is 6.61 Å². The summed E-state index contributed by atoms with van der Waals surface area (Å²) in [4.78, 5) is 3.97. The molecule has 2 aromatic rings. The lowest BCUT2D eigenvalue weighted by molar-refractivity contribution is 0.0774. The Kier molecular flexibility index (Phi) is 5.74. The molecule has 0 spiro atoms. The van der Waals surface area contributed by atoms with Gasteiger partial charge in [-0.25, -0.2) is 9.67 Å². The van der Waals surface area contributed by atoms with Gasteiger partial charge in [0, 0.05) is 32.6 Å². The smallest absolute Gasteiger partial charge is 0.139 e. The first-order chi connectivity index (χ1) is 10.4. The van der Waals surface area contributed by atoms with Gasteiger partial charge in [0.05, 0.1) is 5.69 Å². The fourth-order valence-corrected chi connectivity index (χ4v) is 2.87. The van der Waals surface area contributed by atoms with E-state index in [-0.39, 0.29) is 5.15 Å². The first-order valence-corrected chi connectivity index (χ1v) is 11.3. The highest BCUT2D eigenvalue weighted by Gasteiger charge is 2.17. The zero-order valence-corrected chi connectivity index (χ0v) is 14.9. The summed E-state index contributed by atoms with van der Waals surface area (Å²) in [5, 5.41) is 14.9. The van der Waals surface area contributed by atoms with Crippen LogP contribution >= 0.6 is 11.6 Å². The normalized spacial score (nSPS) is 13.3. The lowest BCUT2D eigenvalue weighted by Gasteiger charge is -2.15. The average Bonchev–Trinajstić information content (AvgIpc) is 2.91. The minimum absolute atomic E-state index is 0.288. The molecular weight excluding hydrogens is 318 g/mol. The van der Waals surface area contributed by atoms with Crippen LogP contribution in [0.15, 0.2) is 30.6 Å². The molecule has 0 aliphatic heterocycles. The zero-order chi connectivity index (χ0) is 16.2. The van der Waals surface area contributed by atoms with Gasteiger partial charge in [0.2, 0.25) is 0 Å². The van der Waals surface area contributed by atoms with E-state index in [4.69, 9.17) is 16.3 Å². The van der Waals surface area contributed by atoms with Crippen LogP contribution in [-0.2, 0) is 11.5 Å². The third-order valence-corrected chi connectivity index (χ3v) is 5.26. The summed E-state index contributed by atoms with van der Waals surface area (Å²) in [6.07, 6.45) is 2.49. The Hall–Kier alpha value is -1.21. The van der Waals surface area contributed by atoms with Crippen LogP contribution in [0.5, 0.6) is 0 Å². The summed E-state index contributed by atoms with van der Waals surface area (Å²) < 4.78 is 7.31. The molecule has 0 saturated carbocycles. The fraction of sp³-hybridized carbons (Fsp3) is 0.467. The van der Waals surface area contributed by atoms with Crippen LogP contribution in [0.4, 0.5) is 0 Å². The van der Waals surface area contributed by atoms with Crippen molar-refractivity contribution in [1.29, 1.82) is 0 Å². The van der Waals surface area contributed by atoms with E-state index in [1.807, 2.05) is 0 Å². The molecule has 1 unspecified atom stereocenters. The van der Waals surface area contributed by atoms with Crippen molar-refractivity contribution in [1.82, 2.24) is 14.8 Å². The van der Waals surface area contributed by atoms with Crippen molar-refractivity contribution in [3.8, 4) is 0 Å². The molecule has 0 amide bonds. The van der Waals surface area contributed by atoms with Crippen LogP contribution in [0, 0.1) is 0 Å². The summed E-state index contributed by atoms with van der Waals surface area (Å²) in [5.41, 5.74) is 1.08. The largest absolute Gasteiger partial charge is 0.382 e. The van der Waals surface area contributed by atoms with Gasteiger partial charge in [0.15, 0.2) is 0 Å². The van der Waals surface area contributed by atoms with E-state index in [1.165, 1.54) is 0 Å². The number of rotatable bonds is 7. The van der Waals surface area contributed by atoms with E-state index in [0.717, 1.165) is 12.7 Å². The molecule has 0 bridgehead atoms. The maximum Gasteiger partial charge on any atom is 0.139 e. The number of hydrogen-bond donors (Lipinski definition) is 1. The first kappa shape index (κ1) is 17.1. The van der Waals surface area contributed by atoms with Gasteiger partial charge >= 0.3 is 0 Å². The minimum atomic E-state index is -1.07. The molecule has 1 atom stereocenters. The molecule has 0 fully saturated rings. The van der Waals surface area contributed by atoms with Crippen molar-refractivity contribution in [3.63, 3.8) is 0 Å². The molecule has 2 rings (SSSR count). The van der Waals surface area contributed by atoms with Gasteiger partial charge in [-0.05, 0) is 18.2 Å². The number of aliphatic hydroxyl groups is 1. The Labute approximate surface area is 136 Å². The summed E-state index contributed by atoms with van der Waals surface area (Å²) in [6, 6.07) is 6.36. The zero-order valence-electron chi connectivity index (χ0n) is 13.2. The molecule has 2 heterocycles. The van der Waals surface area contributed by atoms with E-state index in [1.54, 1.807) is 35.3 Å². The van der Waals surface area contributed by atoms with Crippen LogP contribution in [-0.4, -0.2) is 34.6 Å². The molecule has 0 saturated heterocycles. The van der Waals surface area contributed by atoms with Crippen LogP contribution in [0.1, 0.15) is 17.4 Å².